The van der Waals surface area contributed by atoms with Crippen molar-refractivity contribution >= 4 is 23.6 Å². The van der Waals surface area contributed by atoms with Gasteiger partial charge in [-0.1, -0.05) is 27.2 Å². The van der Waals surface area contributed by atoms with Crippen molar-refractivity contribution in [2.24, 2.45) is 23.1 Å². The zero-order valence-corrected chi connectivity index (χ0v) is 18.3. The van der Waals surface area contributed by atoms with E-state index < -0.39 is 12.1 Å². The number of hydrogen-bond acceptors (Lipinski definition) is 5. The van der Waals surface area contributed by atoms with E-state index in [2.05, 4.69) is 10.6 Å². The average Bonchev–Trinajstić information content (AvgIpc) is 2.65. The Hall–Kier alpha value is -2.16. The van der Waals surface area contributed by atoms with E-state index in [1.807, 2.05) is 20.8 Å². The highest BCUT2D eigenvalue weighted by Crippen LogP contribution is 2.10. The third-order valence-corrected chi connectivity index (χ3v) is 4.08. The van der Waals surface area contributed by atoms with Gasteiger partial charge >= 0.3 is 6.03 Å². The molecular formula is C20H41N5O4. The molecule has 0 saturated heterocycles. The van der Waals surface area contributed by atoms with E-state index >= 15 is 0 Å². The summed E-state index contributed by atoms with van der Waals surface area (Å²) in [5.41, 5.74) is 15.2. The van der Waals surface area contributed by atoms with Crippen LogP contribution in [0.4, 0.5) is 4.79 Å². The van der Waals surface area contributed by atoms with Gasteiger partial charge in [-0.25, -0.2) is 4.79 Å². The van der Waals surface area contributed by atoms with E-state index in [9.17, 15) is 19.2 Å². The minimum atomic E-state index is -0.449. The molecule has 0 rings (SSSR count). The standard InChI is InChI=1S/C16H31N3O3.C4H10N2O/c1-12(2)16(13(20)8-5-6-9-14(18)21)19-15(22)10-4-3-7-11-17;1-2-3-6-4(5)7/h12,16H,3-11,17H2,1-2H3,(H2,18,21)(H,19,22);2-3H2,1H3,(H3,5,6,7). The molecule has 0 spiro atoms. The summed E-state index contributed by atoms with van der Waals surface area (Å²) in [6.45, 7) is 7.12. The summed E-state index contributed by atoms with van der Waals surface area (Å²) < 4.78 is 0. The number of Topliss-reactive ketones (excluding diaryl/α,β-unsaturated/α-hetero) is 1. The first-order valence-corrected chi connectivity index (χ1v) is 10.5. The van der Waals surface area contributed by atoms with Crippen molar-refractivity contribution in [3.05, 3.63) is 0 Å². The highest BCUT2D eigenvalue weighted by molar-refractivity contribution is 5.89. The van der Waals surface area contributed by atoms with Crippen LogP contribution >= 0.6 is 0 Å². The Morgan fingerprint density at radius 3 is 1.90 bits per heavy atom. The van der Waals surface area contributed by atoms with Gasteiger partial charge < -0.3 is 27.8 Å². The van der Waals surface area contributed by atoms with Crippen LogP contribution < -0.4 is 27.8 Å². The Kier molecular flexibility index (Phi) is 19.2. The van der Waals surface area contributed by atoms with Crippen LogP contribution in [0.2, 0.25) is 0 Å². The van der Waals surface area contributed by atoms with Gasteiger partial charge in [0.05, 0.1) is 6.04 Å². The Balaban J connectivity index is 0. The maximum Gasteiger partial charge on any atom is 0.312 e. The molecule has 1 atom stereocenters. The number of carbonyl (C=O) groups is 4. The summed E-state index contributed by atoms with van der Waals surface area (Å²) in [4.78, 5) is 44.6. The highest BCUT2D eigenvalue weighted by Gasteiger charge is 2.23. The van der Waals surface area contributed by atoms with E-state index in [1.165, 1.54) is 0 Å². The van der Waals surface area contributed by atoms with Crippen molar-refractivity contribution in [3.63, 3.8) is 0 Å². The van der Waals surface area contributed by atoms with E-state index in [0.717, 1.165) is 25.7 Å². The lowest BCUT2D eigenvalue weighted by molar-refractivity contribution is -0.129. The fourth-order valence-corrected chi connectivity index (χ4v) is 2.47. The first kappa shape index (κ1) is 29.0. The number of hydrogen-bond donors (Lipinski definition) is 5. The predicted octanol–water partition coefficient (Wildman–Crippen LogP) is 1.33. The second kappa shape index (κ2) is 19.2. The molecule has 9 heteroatoms. The number of amides is 4. The first-order valence-electron chi connectivity index (χ1n) is 10.5. The summed E-state index contributed by atoms with van der Waals surface area (Å²) in [6, 6.07) is -0.891. The van der Waals surface area contributed by atoms with Crippen molar-refractivity contribution in [2.45, 2.75) is 84.6 Å². The molecule has 0 aromatic heterocycles. The molecule has 0 heterocycles. The second-order valence-corrected chi connectivity index (χ2v) is 7.32. The third-order valence-electron chi connectivity index (χ3n) is 4.08. The highest BCUT2D eigenvalue weighted by atomic mass is 16.2. The molecule has 0 aliphatic heterocycles. The lowest BCUT2D eigenvalue weighted by Gasteiger charge is -2.21. The van der Waals surface area contributed by atoms with Crippen molar-refractivity contribution in [2.75, 3.05) is 13.1 Å². The van der Waals surface area contributed by atoms with E-state index in [0.29, 0.717) is 45.2 Å². The molecular weight excluding hydrogens is 374 g/mol. The van der Waals surface area contributed by atoms with Crippen molar-refractivity contribution in [1.29, 1.82) is 0 Å². The molecule has 0 bridgehead atoms. The number of rotatable bonds is 15. The van der Waals surface area contributed by atoms with Crippen LogP contribution in [0.5, 0.6) is 0 Å². The van der Waals surface area contributed by atoms with Gasteiger partial charge in [-0.05, 0) is 44.6 Å². The van der Waals surface area contributed by atoms with Gasteiger partial charge in [-0.15, -0.1) is 0 Å². The van der Waals surface area contributed by atoms with Gasteiger partial charge in [-0.3, -0.25) is 14.4 Å². The molecule has 1 unspecified atom stereocenters. The Bertz CT molecular complexity index is 483. The number of nitrogens with two attached hydrogens (primary N) is 3. The van der Waals surface area contributed by atoms with Crippen molar-refractivity contribution in [1.82, 2.24) is 10.6 Å². The van der Waals surface area contributed by atoms with Crippen LogP contribution in [0.25, 0.3) is 0 Å². The molecule has 9 nitrogen and oxygen atoms in total. The molecule has 170 valence electrons. The molecule has 0 saturated carbocycles. The summed E-state index contributed by atoms with van der Waals surface area (Å²) >= 11 is 0. The van der Waals surface area contributed by atoms with E-state index in [-0.39, 0.29) is 23.5 Å². The topological polar surface area (TPSA) is 170 Å². The smallest absolute Gasteiger partial charge is 0.312 e. The number of ketones is 1. The number of nitrogens with one attached hydrogen (secondary N) is 2. The lowest BCUT2D eigenvalue weighted by atomic mass is 9.95. The van der Waals surface area contributed by atoms with Crippen LogP contribution in [0.1, 0.15) is 78.6 Å². The second-order valence-electron chi connectivity index (χ2n) is 7.32. The Morgan fingerprint density at radius 2 is 1.45 bits per heavy atom. The number of carbonyl (C=O) groups excluding carboxylic acids is 4. The summed E-state index contributed by atoms with van der Waals surface area (Å²) in [6.07, 6.45) is 5.89. The van der Waals surface area contributed by atoms with E-state index in [1.54, 1.807) is 0 Å². The molecule has 0 fully saturated rings. The molecule has 0 radical (unpaired) electrons. The zero-order chi connectivity index (χ0) is 22.7. The predicted molar refractivity (Wildman–Crippen MR) is 115 cm³/mol. The number of unbranched alkanes of at least 4 members (excludes halogenated alkanes) is 3. The summed E-state index contributed by atoms with van der Waals surface area (Å²) in [5, 5.41) is 5.27. The monoisotopic (exact) mass is 415 g/mol. The van der Waals surface area contributed by atoms with Crippen LogP contribution in [0.3, 0.4) is 0 Å². The van der Waals surface area contributed by atoms with Crippen molar-refractivity contribution < 1.29 is 19.2 Å². The maximum atomic E-state index is 12.2. The first-order chi connectivity index (χ1) is 13.6. The quantitative estimate of drug-likeness (QED) is 0.253. The lowest BCUT2D eigenvalue weighted by Crippen LogP contribution is -2.44. The van der Waals surface area contributed by atoms with Gasteiger partial charge in [0, 0.05) is 25.8 Å². The van der Waals surface area contributed by atoms with Crippen LogP contribution in [0, 0.1) is 5.92 Å². The van der Waals surface area contributed by atoms with Gasteiger partial charge in [-0.2, -0.15) is 0 Å². The fourth-order valence-electron chi connectivity index (χ4n) is 2.47. The third kappa shape index (κ3) is 20.4. The SMILES string of the molecule is CC(C)C(NC(=O)CCCCCN)C(=O)CCCCC(N)=O.CCCNC(N)=O. The Morgan fingerprint density at radius 1 is 0.862 bits per heavy atom. The fraction of sp³-hybridized carbons (Fsp3) is 0.800. The molecule has 8 N–H and O–H groups in total. The largest absolute Gasteiger partial charge is 0.370 e. The van der Waals surface area contributed by atoms with Crippen LogP contribution in [-0.2, 0) is 14.4 Å². The van der Waals surface area contributed by atoms with Gasteiger partial charge in [0.15, 0.2) is 5.78 Å². The normalized spacial score (nSPS) is 11.2. The Labute approximate surface area is 174 Å². The minimum Gasteiger partial charge on any atom is -0.370 e. The average molecular weight is 416 g/mol. The molecule has 29 heavy (non-hydrogen) atoms. The molecule has 0 aromatic carbocycles. The molecule has 0 aliphatic carbocycles. The number of primary amides is 2. The van der Waals surface area contributed by atoms with Crippen LogP contribution in [0.15, 0.2) is 0 Å². The zero-order valence-electron chi connectivity index (χ0n) is 18.3. The maximum absolute atomic E-state index is 12.2. The molecule has 4 amide bonds. The van der Waals surface area contributed by atoms with Gasteiger partial charge in [0.1, 0.15) is 0 Å². The van der Waals surface area contributed by atoms with Crippen molar-refractivity contribution in [3.8, 4) is 0 Å². The number of urea groups is 1. The summed E-state index contributed by atoms with van der Waals surface area (Å²) in [5.74, 6) is -0.355. The van der Waals surface area contributed by atoms with Crippen LogP contribution in [-0.4, -0.2) is 42.8 Å². The summed E-state index contributed by atoms with van der Waals surface area (Å²) in [7, 11) is 0. The molecule has 0 aliphatic rings. The van der Waals surface area contributed by atoms with E-state index in [4.69, 9.17) is 17.2 Å². The van der Waals surface area contributed by atoms with Gasteiger partial charge in [0.2, 0.25) is 11.8 Å². The van der Waals surface area contributed by atoms with Gasteiger partial charge in [0.25, 0.3) is 0 Å². The molecule has 0 aromatic rings. The minimum absolute atomic E-state index is 0.0229.